The number of carbonyl (C=O) groups is 2. The molecule has 2 aliphatic heterocycles. The van der Waals surface area contributed by atoms with Crippen LogP contribution in [-0.4, -0.2) is 46.4 Å². The SMILES string of the molecule is O=C(Nc1ccc(CCN2CCCCC2)cc1)c1sc2ncnc3c2c1NC(=O)N3c1ccc(Oc2cccc(F)c2)cc1. The number of hydrogen-bond donors (Lipinski definition) is 2. The molecule has 9 nitrogen and oxygen atoms in total. The second-order valence-electron chi connectivity index (χ2n) is 10.8. The molecular formula is C33H29FN6O3S. The molecule has 0 atom stereocenters. The van der Waals surface area contributed by atoms with E-state index in [0.717, 1.165) is 13.0 Å². The van der Waals surface area contributed by atoms with Crippen LogP contribution in [0.5, 0.6) is 11.5 Å². The molecule has 2 aliphatic rings. The topological polar surface area (TPSA) is 99.7 Å². The summed E-state index contributed by atoms with van der Waals surface area (Å²) in [5.74, 6) is 0.495. The molecule has 11 heteroatoms. The van der Waals surface area contributed by atoms with E-state index in [0.29, 0.717) is 49.5 Å². The average Bonchev–Trinajstić information content (AvgIpc) is 3.41. The van der Waals surface area contributed by atoms with Crippen LogP contribution in [0.3, 0.4) is 0 Å². The third-order valence-corrected chi connectivity index (χ3v) is 8.92. The van der Waals surface area contributed by atoms with Crippen LogP contribution in [0.4, 0.5) is 32.1 Å². The maximum Gasteiger partial charge on any atom is 0.332 e. The van der Waals surface area contributed by atoms with Gasteiger partial charge in [-0.15, -0.1) is 11.3 Å². The van der Waals surface area contributed by atoms with Gasteiger partial charge in [0.05, 0.1) is 16.8 Å². The predicted octanol–water partition coefficient (Wildman–Crippen LogP) is 7.59. The van der Waals surface area contributed by atoms with Crippen LogP contribution in [0.1, 0.15) is 34.5 Å². The lowest BCUT2D eigenvalue weighted by atomic mass is 10.1. The van der Waals surface area contributed by atoms with Crippen molar-refractivity contribution >= 4 is 56.4 Å². The Kier molecular flexibility index (Phi) is 7.63. The zero-order valence-electron chi connectivity index (χ0n) is 23.8. The van der Waals surface area contributed by atoms with Gasteiger partial charge < -0.3 is 20.3 Å². The molecule has 1 fully saturated rings. The van der Waals surface area contributed by atoms with E-state index in [1.54, 1.807) is 36.4 Å². The van der Waals surface area contributed by atoms with Crippen molar-refractivity contribution in [2.75, 3.05) is 35.2 Å². The number of nitrogens with one attached hydrogen (secondary N) is 2. The Balaban J connectivity index is 1.08. The summed E-state index contributed by atoms with van der Waals surface area (Å²) in [6.45, 7) is 3.39. The van der Waals surface area contributed by atoms with Gasteiger partial charge in [-0.1, -0.05) is 24.6 Å². The summed E-state index contributed by atoms with van der Waals surface area (Å²) in [4.78, 5) is 40.5. The number of anilines is 4. The van der Waals surface area contributed by atoms with E-state index in [1.165, 1.54) is 72.6 Å². The molecule has 3 amide bonds. The molecule has 2 N–H and O–H groups in total. The van der Waals surface area contributed by atoms with E-state index < -0.39 is 11.8 Å². The number of amides is 3. The van der Waals surface area contributed by atoms with E-state index >= 15 is 0 Å². The van der Waals surface area contributed by atoms with Crippen LogP contribution >= 0.6 is 11.3 Å². The summed E-state index contributed by atoms with van der Waals surface area (Å²) < 4.78 is 19.3. The summed E-state index contributed by atoms with van der Waals surface area (Å²) in [6.07, 6.45) is 6.24. The highest BCUT2D eigenvalue weighted by Crippen LogP contribution is 2.45. The zero-order valence-corrected chi connectivity index (χ0v) is 24.6. The van der Waals surface area contributed by atoms with Crippen molar-refractivity contribution in [2.45, 2.75) is 25.7 Å². The molecule has 5 aromatic rings. The molecule has 2 aromatic heterocycles. The minimum absolute atomic E-state index is 0.331. The van der Waals surface area contributed by atoms with E-state index in [4.69, 9.17) is 4.74 Å². The number of halogens is 1. The summed E-state index contributed by atoms with van der Waals surface area (Å²) in [6, 6.07) is 20.1. The monoisotopic (exact) mass is 608 g/mol. The van der Waals surface area contributed by atoms with Crippen molar-refractivity contribution in [3.05, 3.63) is 95.4 Å². The third-order valence-electron chi connectivity index (χ3n) is 7.83. The van der Waals surface area contributed by atoms with E-state index in [9.17, 15) is 14.0 Å². The lowest BCUT2D eigenvalue weighted by Gasteiger charge is -2.27. The van der Waals surface area contributed by atoms with Gasteiger partial charge in [0.2, 0.25) is 0 Å². The van der Waals surface area contributed by atoms with Gasteiger partial charge in [0.25, 0.3) is 5.91 Å². The second-order valence-corrected chi connectivity index (χ2v) is 11.8. The normalized spacial score (nSPS) is 14.8. The molecule has 0 saturated carbocycles. The summed E-state index contributed by atoms with van der Waals surface area (Å²) >= 11 is 1.20. The number of benzene rings is 3. The maximum absolute atomic E-state index is 13.5. The number of rotatable bonds is 8. The predicted molar refractivity (Wildman–Crippen MR) is 170 cm³/mol. The first kappa shape index (κ1) is 27.9. The van der Waals surface area contributed by atoms with Crippen molar-refractivity contribution in [3.8, 4) is 11.5 Å². The Morgan fingerprint density at radius 3 is 2.55 bits per heavy atom. The van der Waals surface area contributed by atoms with Gasteiger partial charge in [0.1, 0.15) is 33.4 Å². The number of carbonyl (C=O) groups excluding carboxylic acids is 2. The molecule has 0 spiro atoms. The fourth-order valence-corrected chi connectivity index (χ4v) is 6.60. The second kappa shape index (κ2) is 12.0. The summed E-state index contributed by atoms with van der Waals surface area (Å²) in [7, 11) is 0. The van der Waals surface area contributed by atoms with Crippen LogP contribution < -0.4 is 20.3 Å². The zero-order chi connectivity index (χ0) is 30.0. The van der Waals surface area contributed by atoms with Gasteiger partial charge in [-0.2, -0.15) is 0 Å². The molecule has 44 heavy (non-hydrogen) atoms. The van der Waals surface area contributed by atoms with Gasteiger partial charge in [-0.05, 0) is 86.4 Å². The first-order valence-electron chi connectivity index (χ1n) is 14.6. The van der Waals surface area contributed by atoms with E-state index in [2.05, 4.69) is 25.5 Å². The Morgan fingerprint density at radius 1 is 0.977 bits per heavy atom. The minimum atomic E-state index is -0.457. The Labute approximate surface area is 257 Å². The fourth-order valence-electron chi connectivity index (χ4n) is 5.61. The standard InChI is InChI=1S/C33H29FN6O3S/c34-22-5-4-6-26(19-22)43-25-13-11-24(12-14-25)40-30-27-28(38-33(40)42)29(44-32(27)36-20-35-30)31(41)37-23-9-7-21(8-10-23)15-18-39-16-2-1-3-17-39/h4-14,19-20H,1-3,15-18H2,(H,37,41)(H,38,42). The van der Waals surface area contributed by atoms with Crippen molar-refractivity contribution in [2.24, 2.45) is 0 Å². The smallest absolute Gasteiger partial charge is 0.332 e. The number of thiophene rings is 1. The van der Waals surface area contributed by atoms with Crippen LogP contribution in [0, 0.1) is 5.82 Å². The molecule has 7 rings (SSSR count). The van der Waals surface area contributed by atoms with E-state index in [1.807, 2.05) is 24.3 Å². The minimum Gasteiger partial charge on any atom is -0.457 e. The molecule has 0 radical (unpaired) electrons. The van der Waals surface area contributed by atoms with Crippen molar-refractivity contribution in [1.82, 2.24) is 14.9 Å². The lowest BCUT2D eigenvalue weighted by Crippen LogP contribution is -2.35. The van der Waals surface area contributed by atoms with Gasteiger partial charge in [-0.25, -0.2) is 24.1 Å². The number of aromatic nitrogens is 2. The number of nitrogens with zero attached hydrogens (tertiary/aromatic N) is 4. The Bertz CT molecular complexity index is 1840. The summed E-state index contributed by atoms with van der Waals surface area (Å²) in [5, 5.41) is 6.45. The first-order chi connectivity index (χ1) is 21.5. The quantitative estimate of drug-likeness (QED) is 0.188. The van der Waals surface area contributed by atoms with Gasteiger partial charge in [0.15, 0.2) is 5.82 Å². The number of piperidine rings is 1. The summed E-state index contributed by atoms with van der Waals surface area (Å²) in [5.41, 5.74) is 2.84. The molecule has 3 aromatic carbocycles. The molecule has 0 aliphatic carbocycles. The van der Waals surface area contributed by atoms with Crippen LogP contribution in [0.15, 0.2) is 79.1 Å². The largest absolute Gasteiger partial charge is 0.457 e. The highest BCUT2D eigenvalue weighted by atomic mass is 32.1. The number of likely N-dealkylation sites (tertiary alicyclic amines) is 1. The van der Waals surface area contributed by atoms with Crippen molar-refractivity contribution in [3.63, 3.8) is 0 Å². The highest BCUT2D eigenvalue weighted by Gasteiger charge is 2.34. The molecule has 222 valence electrons. The number of hydrogen-bond acceptors (Lipinski definition) is 7. The van der Waals surface area contributed by atoms with Crippen molar-refractivity contribution < 1.29 is 18.7 Å². The molecule has 1 saturated heterocycles. The number of urea groups is 1. The third kappa shape index (κ3) is 5.71. The van der Waals surface area contributed by atoms with Crippen LogP contribution in [0.25, 0.3) is 10.2 Å². The van der Waals surface area contributed by atoms with Gasteiger partial charge >= 0.3 is 6.03 Å². The lowest BCUT2D eigenvalue weighted by molar-refractivity contribution is 0.103. The Morgan fingerprint density at radius 2 is 1.77 bits per heavy atom. The Hall–Kier alpha value is -4.87. The molecular weight excluding hydrogens is 579 g/mol. The van der Waals surface area contributed by atoms with E-state index in [-0.39, 0.29) is 5.91 Å². The molecule has 4 heterocycles. The molecule has 0 bridgehead atoms. The first-order valence-corrected chi connectivity index (χ1v) is 15.4. The molecule has 0 unspecified atom stereocenters. The van der Waals surface area contributed by atoms with Gasteiger partial charge in [-0.3, -0.25) is 4.79 Å². The highest BCUT2D eigenvalue weighted by molar-refractivity contribution is 7.21. The van der Waals surface area contributed by atoms with Gasteiger partial charge in [0, 0.05) is 18.3 Å². The van der Waals surface area contributed by atoms with Crippen LogP contribution in [-0.2, 0) is 6.42 Å². The number of ether oxygens (including phenoxy) is 1. The van der Waals surface area contributed by atoms with Crippen molar-refractivity contribution in [1.29, 1.82) is 0 Å². The fraction of sp³-hybridized carbons (Fsp3) is 0.212. The van der Waals surface area contributed by atoms with Crippen LogP contribution in [0.2, 0.25) is 0 Å². The maximum atomic E-state index is 13.5. The average molecular weight is 609 g/mol.